The van der Waals surface area contributed by atoms with Gasteiger partial charge in [-0.1, -0.05) is 31.2 Å². The second-order valence-electron chi connectivity index (χ2n) is 5.45. The van der Waals surface area contributed by atoms with E-state index in [0.717, 1.165) is 30.9 Å². The van der Waals surface area contributed by atoms with Crippen LogP contribution >= 0.6 is 11.8 Å². The molecule has 0 aliphatic carbocycles. The maximum absolute atomic E-state index is 12.1. The number of aromatic nitrogens is 3. The Hall–Kier alpha value is -2.07. The molecule has 1 amide bonds. The second-order valence-corrected chi connectivity index (χ2v) is 8.41. The summed E-state index contributed by atoms with van der Waals surface area (Å²) in [5.74, 6) is -0.257. The van der Waals surface area contributed by atoms with Crippen molar-refractivity contribution in [1.29, 1.82) is 0 Å². The summed E-state index contributed by atoms with van der Waals surface area (Å²) in [7, 11) is -3.34. The topological polar surface area (TPSA) is 114 Å². The minimum absolute atomic E-state index is 0.0551. The molecule has 0 saturated heterocycles. The number of nitrogens with zero attached hydrogens (tertiary/aromatic N) is 2. The maximum atomic E-state index is 12.1. The first-order valence-corrected chi connectivity index (χ1v) is 10.6. The van der Waals surface area contributed by atoms with Gasteiger partial charge < -0.3 is 5.32 Å². The molecule has 2 aromatic rings. The Labute approximate surface area is 149 Å². The van der Waals surface area contributed by atoms with E-state index >= 15 is 0 Å². The predicted octanol–water partition coefficient (Wildman–Crippen LogP) is 1.51. The van der Waals surface area contributed by atoms with Crippen LogP contribution in [-0.4, -0.2) is 41.1 Å². The van der Waals surface area contributed by atoms with Gasteiger partial charge in [0.25, 0.3) is 0 Å². The highest BCUT2D eigenvalue weighted by Crippen LogP contribution is 2.17. The van der Waals surface area contributed by atoms with E-state index in [9.17, 15) is 18.0 Å². The third-order valence-electron chi connectivity index (χ3n) is 3.34. The molecule has 0 spiro atoms. The first kappa shape index (κ1) is 19.3. The van der Waals surface area contributed by atoms with Gasteiger partial charge in [0.05, 0.1) is 10.6 Å². The standard InChI is InChI=1S/C15H20N4O4S2/c1-3-4-8-19-14(21)17-18-15(19)24-10-13(20)16-11-6-5-7-12(9-11)25(2,22)23/h5-7,9H,3-4,8,10H2,1-2H3,(H,16,20)(H,17,21). The van der Waals surface area contributed by atoms with E-state index in [0.29, 0.717) is 17.4 Å². The minimum atomic E-state index is -3.34. The fraction of sp³-hybridized carbons (Fsp3) is 0.400. The summed E-state index contributed by atoms with van der Waals surface area (Å²) in [5, 5.41) is 9.41. The number of hydrogen-bond acceptors (Lipinski definition) is 6. The minimum Gasteiger partial charge on any atom is -0.325 e. The molecule has 0 atom stereocenters. The summed E-state index contributed by atoms with van der Waals surface area (Å²) < 4.78 is 24.6. The lowest BCUT2D eigenvalue weighted by molar-refractivity contribution is -0.113. The van der Waals surface area contributed by atoms with Crippen molar-refractivity contribution in [2.45, 2.75) is 36.4 Å². The number of carbonyl (C=O) groups is 1. The predicted molar refractivity (Wildman–Crippen MR) is 96.7 cm³/mol. The van der Waals surface area contributed by atoms with Gasteiger partial charge in [0.15, 0.2) is 15.0 Å². The molecule has 0 saturated carbocycles. The van der Waals surface area contributed by atoms with Crippen molar-refractivity contribution in [3.05, 3.63) is 34.7 Å². The van der Waals surface area contributed by atoms with E-state index in [1.807, 2.05) is 6.92 Å². The number of nitrogens with one attached hydrogen (secondary N) is 2. The highest BCUT2D eigenvalue weighted by atomic mass is 32.2. The fourth-order valence-electron chi connectivity index (χ4n) is 2.06. The van der Waals surface area contributed by atoms with Crippen LogP contribution in [0.15, 0.2) is 39.1 Å². The van der Waals surface area contributed by atoms with Crippen LogP contribution in [0.3, 0.4) is 0 Å². The Bertz CT molecular complexity index is 902. The van der Waals surface area contributed by atoms with Crippen molar-refractivity contribution in [3.8, 4) is 0 Å². The van der Waals surface area contributed by atoms with Crippen molar-refractivity contribution in [3.63, 3.8) is 0 Å². The van der Waals surface area contributed by atoms with Crippen molar-refractivity contribution in [1.82, 2.24) is 14.8 Å². The smallest absolute Gasteiger partial charge is 0.325 e. The largest absolute Gasteiger partial charge is 0.343 e. The molecule has 0 aliphatic rings. The maximum Gasteiger partial charge on any atom is 0.343 e. The first-order chi connectivity index (χ1) is 11.8. The molecule has 2 rings (SSSR count). The van der Waals surface area contributed by atoms with Crippen LogP contribution in [-0.2, 0) is 21.2 Å². The van der Waals surface area contributed by atoms with Crippen LogP contribution in [0.25, 0.3) is 0 Å². The summed E-state index contributed by atoms with van der Waals surface area (Å²) in [6, 6.07) is 6.05. The van der Waals surface area contributed by atoms with Crippen LogP contribution in [0.1, 0.15) is 19.8 Å². The summed E-state index contributed by atoms with van der Waals surface area (Å²) >= 11 is 1.15. The molecule has 0 bridgehead atoms. The monoisotopic (exact) mass is 384 g/mol. The molecule has 1 aromatic heterocycles. The number of carbonyl (C=O) groups excluding carboxylic acids is 1. The highest BCUT2D eigenvalue weighted by Gasteiger charge is 2.12. The van der Waals surface area contributed by atoms with E-state index in [4.69, 9.17) is 0 Å². The zero-order valence-corrected chi connectivity index (χ0v) is 15.6. The van der Waals surface area contributed by atoms with Crippen molar-refractivity contribution >= 4 is 33.2 Å². The van der Waals surface area contributed by atoms with Gasteiger partial charge in [-0.3, -0.25) is 9.36 Å². The van der Waals surface area contributed by atoms with Gasteiger partial charge in [-0.2, -0.15) is 0 Å². The van der Waals surface area contributed by atoms with Crippen LogP contribution in [0.4, 0.5) is 5.69 Å². The molecule has 0 aliphatic heterocycles. The van der Waals surface area contributed by atoms with E-state index in [1.54, 1.807) is 12.1 Å². The molecule has 136 valence electrons. The van der Waals surface area contributed by atoms with Gasteiger partial charge >= 0.3 is 5.69 Å². The Balaban J connectivity index is 1.99. The Morgan fingerprint density at radius 1 is 1.40 bits per heavy atom. The Kier molecular flexibility index (Phi) is 6.43. The van der Waals surface area contributed by atoms with E-state index in [2.05, 4.69) is 15.5 Å². The van der Waals surface area contributed by atoms with E-state index < -0.39 is 9.84 Å². The van der Waals surface area contributed by atoms with Crippen LogP contribution in [0.5, 0.6) is 0 Å². The van der Waals surface area contributed by atoms with E-state index in [-0.39, 0.29) is 22.2 Å². The average Bonchev–Trinajstić information content (AvgIpc) is 2.90. The van der Waals surface area contributed by atoms with Gasteiger partial charge in [0.1, 0.15) is 0 Å². The number of amides is 1. The number of aromatic amines is 1. The highest BCUT2D eigenvalue weighted by molar-refractivity contribution is 7.99. The molecule has 0 radical (unpaired) electrons. The third kappa shape index (κ3) is 5.46. The Morgan fingerprint density at radius 3 is 2.84 bits per heavy atom. The van der Waals surface area contributed by atoms with Gasteiger partial charge in [-0.05, 0) is 24.6 Å². The van der Waals surface area contributed by atoms with Gasteiger partial charge in [-0.15, -0.1) is 5.10 Å². The number of anilines is 1. The molecule has 8 nitrogen and oxygen atoms in total. The molecule has 1 heterocycles. The number of thioether (sulfide) groups is 1. The summed E-state index contributed by atoms with van der Waals surface area (Å²) in [5.41, 5.74) is 0.108. The number of hydrogen-bond donors (Lipinski definition) is 2. The molecule has 2 N–H and O–H groups in total. The number of sulfone groups is 1. The van der Waals surface area contributed by atoms with Crippen LogP contribution in [0.2, 0.25) is 0 Å². The fourth-order valence-corrected chi connectivity index (χ4v) is 3.50. The second kappa shape index (κ2) is 8.34. The van der Waals surface area contributed by atoms with Crippen LogP contribution in [0, 0.1) is 0 Å². The Morgan fingerprint density at radius 2 is 2.16 bits per heavy atom. The molecule has 1 aromatic carbocycles. The number of unbranched alkanes of at least 4 members (excludes halogenated alkanes) is 1. The SMILES string of the molecule is CCCCn1c(SCC(=O)Nc2cccc(S(C)(=O)=O)c2)n[nH]c1=O. The molecule has 0 fully saturated rings. The zero-order valence-electron chi connectivity index (χ0n) is 14.0. The van der Waals surface area contributed by atoms with Crippen molar-refractivity contribution < 1.29 is 13.2 Å². The quantitative estimate of drug-likeness (QED) is 0.667. The number of H-pyrrole nitrogens is 1. The summed E-state index contributed by atoms with van der Waals surface area (Å²) in [6.07, 6.45) is 2.90. The lowest BCUT2D eigenvalue weighted by atomic mass is 10.3. The molecule has 0 unspecified atom stereocenters. The van der Waals surface area contributed by atoms with Gasteiger partial charge in [0, 0.05) is 18.5 Å². The molecule has 25 heavy (non-hydrogen) atoms. The van der Waals surface area contributed by atoms with Crippen molar-refractivity contribution in [2.24, 2.45) is 0 Å². The average molecular weight is 384 g/mol. The summed E-state index contributed by atoms with van der Waals surface area (Å²) in [6.45, 7) is 2.57. The van der Waals surface area contributed by atoms with E-state index in [1.165, 1.54) is 16.7 Å². The normalized spacial score (nSPS) is 11.4. The van der Waals surface area contributed by atoms with Crippen molar-refractivity contribution in [2.75, 3.05) is 17.3 Å². The van der Waals surface area contributed by atoms with Gasteiger partial charge in [0.2, 0.25) is 5.91 Å². The molecular weight excluding hydrogens is 364 g/mol. The molecule has 10 heteroatoms. The number of rotatable bonds is 8. The lowest BCUT2D eigenvalue weighted by Crippen LogP contribution is -2.19. The zero-order chi connectivity index (χ0) is 18.4. The third-order valence-corrected chi connectivity index (χ3v) is 5.42. The number of benzene rings is 1. The first-order valence-electron chi connectivity index (χ1n) is 7.69. The van der Waals surface area contributed by atoms with Gasteiger partial charge in [-0.25, -0.2) is 18.3 Å². The lowest BCUT2D eigenvalue weighted by Gasteiger charge is -2.07. The summed E-state index contributed by atoms with van der Waals surface area (Å²) in [4.78, 5) is 23.9. The van der Waals surface area contributed by atoms with Crippen LogP contribution < -0.4 is 11.0 Å². The molecular formula is C15H20N4O4S2.